The number of halogens is 1. The number of benzene rings is 1. The first-order valence-corrected chi connectivity index (χ1v) is 7.35. The predicted molar refractivity (Wildman–Crippen MR) is 81.1 cm³/mol. The van der Waals surface area contributed by atoms with Crippen molar-refractivity contribution in [2.75, 3.05) is 0 Å². The standard InChI is InChI=1S/C14H14IN3O/c15-11-1-5-13(6-2-11)19-14-17-8-10(9-18-14)7-16-12-3-4-12/h1-2,5-6,8-9,12,16H,3-4,7H2. The minimum atomic E-state index is 0.386. The summed E-state index contributed by atoms with van der Waals surface area (Å²) in [5.74, 6) is 0.754. The van der Waals surface area contributed by atoms with Crippen LogP contribution in [0.25, 0.3) is 0 Å². The van der Waals surface area contributed by atoms with Crippen molar-refractivity contribution in [1.29, 1.82) is 0 Å². The van der Waals surface area contributed by atoms with Crippen molar-refractivity contribution in [1.82, 2.24) is 15.3 Å². The number of hydrogen-bond acceptors (Lipinski definition) is 4. The van der Waals surface area contributed by atoms with E-state index >= 15 is 0 Å². The predicted octanol–water partition coefficient (Wildman–Crippen LogP) is 3.13. The van der Waals surface area contributed by atoms with Gasteiger partial charge in [-0.05, 0) is 59.7 Å². The highest BCUT2D eigenvalue weighted by Crippen LogP contribution is 2.20. The third-order valence-electron chi connectivity index (χ3n) is 2.88. The van der Waals surface area contributed by atoms with Gasteiger partial charge in [-0.2, -0.15) is 0 Å². The van der Waals surface area contributed by atoms with E-state index in [0.29, 0.717) is 12.1 Å². The summed E-state index contributed by atoms with van der Waals surface area (Å²) < 4.78 is 6.75. The van der Waals surface area contributed by atoms with Crippen LogP contribution in [0.5, 0.6) is 11.8 Å². The summed E-state index contributed by atoms with van der Waals surface area (Å²) in [6.45, 7) is 0.828. The summed E-state index contributed by atoms with van der Waals surface area (Å²) in [4.78, 5) is 8.44. The van der Waals surface area contributed by atoms with Crippen LogP contribution in [0.3, 0.4) is 0 Å². The second-order valence-corrected chi connectivity index (χ2v) is 5.83. The van der Waals surface area contributed by atoms with E-state index in [1.165, 1.54) is 16.4 Å². The summed E-state index contributed by atoms with van der Waals surface area (Å²) in [5, 5.41) is 3.43. The van der Waals surface area contributed by atoms with Gasteiger partial charge in [0.25, 0.3) is 0 Å². The van der Waals surface area contributed by atoms with Crippen molar-refractivity contribution in [3.63, 3.8) is 0 Å². The summed E-state index contributed by atoms with van der Waals surface area (Å²) in [6.07, 6.45) is 6.19. The van der Waals surface area contributed by atoms with E-state index in [4.69, 9.17) is 4.74 Å². The number of nitrogens with one attached hydrogen (secondary N) is 1. The van der Waals surface area contributed by atoms with E-state index in [1.54, 1.807) is 0 Å². The molecule has 0 spiro atoms. The average Bonchev–Trinajstić information content (AvgIpc) is 3.25. The fourth-order valence-corrected chi connectivity index (χ4v) is 2.00. The molecule has 1 aromatic heterocycles. The van der Waals surface area contributed by atoms with Gasteiger partial charge in [-0.1, -0.05) is 0 Å². The molecule has 2 aromatic rings. The molecule has 0 bridgehead atoms. The Morgan fingerprint density at radius 2 is 1.84 bits per heavy atom. The quantitative estimate of drug-likeness (QED) is 0.825. The Balaban J connectivity index is 1.59. The molecule has 1 aromatic carbocycles. The topological polar surface area (TPSA) is 47.0 Å². The maximum atomic E-state index is 5.58. The molecule has 0 amide bonds. The Labute approximate surface area is 125 Å². The smallest absolute Gasteiger partial charge is 0.321 e. The van der Waals surface area contributed by atoms with Crippen molar-refractivity contribution in [2.45, 2.75) is 25.4 Å². The van der Waals surface area contributed by atoms with E-state index in [9.17, 15) is 0 Å². The van der Waals surface area contributed by atoms with Crippen LogP contribution < -0.4 is 10.1 Å². The maximum absolute atomic E-state index is 5.58. The Morgan fingerprint density at radius 3 is 2.47 bits per heavy atom. The van der Waals surface area contributed by atoms with Gasteiger partial charge >= 0.3 is 6.01 Å². The molecule has 0 radical (unpaired) electrons. The van der Waals surface area contributed by atoms with Crippen molar-refractivity contribution >= 4 is 22.6 Å². The molecule has 0 atom stereocenters. The van der Waals surface area contributed by atoms with Crippen molar-refractivity contribution in [2.24, 2.45) is 0 Å². The Hall–Kier alpha value is -1.21. The van der Waals surface area contributed by atoms with Crippen LogP contribution in [0.4, 0.5) is 0 Å². The first-order valence-electron chi connectivity index (χ1n) is 6.27. The first kappa shape index (κ1) is 12.8. The van der Waals surface area contributed by atoms with E-state index in [0.717, 1.165) is 17.9 Å². The van der Waals surface area contributed by atoms with Crippen LogP contribution in [-0.2, 0) is 6.54 Å². The Bertz CT molecular complexity index is 538. The molecular formula is C14H14IN3O. The van der Waals surface area contributed by atoms with E-state index in [1.807, 2.05) is 36.7 Å². The molecule has 0 unspecified atom stereocenters. The van der Waals surface area contributed by atoms with Crippen LogP contribution in [0, 0.1) is 3.57 Å². The summed E-state index contributed by atoms with van der Waals surface area (Å²) in [6, 6.07) is 8.88. The first-order chi connectivity index (χ1) is 9.29. The zero-order chi connectivity index (χ0) is 13.1. The molecule has 0 saturated heterocycles. The molecule has 19 heavy (non-hydrogen) atoms. The number of hydrogen-bond donors (Lipinski definition) is 1. The number of ether oxygens (including phenoxy) is 1. The van der Waals surface area contributed by atoms with Crippen LogP contribution in [0.1, 0.15) is 18.4 Å². The monoisotopic (exact) mass is 367 g/mol. The normalized spacial score (nSPS) is 14.4. The number of nitrogens with zero attached hydrogens (tertiary/aromatic N) is 2. The largest absolute Gasteiger partial charge is 0.424 e. The van der Waals surface area contributed by atoms with E-state index in [2.05, 4.69) is 37.9 Å². The highest BCUT2D eigenvalue weighted by Gasteiger charge is 2.19. The van der Waals surface area contributed by atoms with Gasteiger partial charge in [-0.15, -0.1) is 0 Å². The number of aromatic nitrogens is 2. The molecule has 5 heteroatoms. The molecule has 1 saturated carbocycles. The molecule has 4 nitrogen and oxygen atoms in total. The second-order valence-electron chi connectivity index (χ2n) is 4.59. The fourth-order valence-electron chi connectivity index (χ4n) is 1.64. The summed E-state index contributed by atoms with van der Waals surface area (Å²) >= 11 is 2.26. The third-order valence-corrected chi connectivity index (χ3v) is 3.60. The van der Waals surface area contributed by atoms with Gasteiger partial charge in [0.15, 0.2) is 0 Å². The van der Waals surface area contributed by atoms with Gasteiger partial charge in [0.05, 0.1) is 0 Å². The van der Waals surface area contributed by atoms with Crippen molar-refractivity contribution in [3.8, 4) is 11.8 Å². The van der Waals surface area contributed by atoms with Gasteiger partial charge in [0, 0.05) is 34.1 Å². The van der Waals surface area contributed by atoms with E-state index in [-0.39, 0.29) is 0 Å². The van der Waals surface area contributed by atoms with Crippen LogP contribution in [0.2, 0.25) is 0 Å². The van der Waals surface area contributed by atoms with Crippen LogP contribution in [0.15, 0.2) is 36.7 Å². The lowest BCUT2D eigenvalue weighted by molar-refractivity contribution is 0.440. The molecule has 1 fully saturated rings. The van der Waals surface area contributed by atoms with Crippen molar-refractivity contribution in [3.05, 3.63) is 45.8 Å². The highest BCUT2D eigenvalue weighted by atomic mass is 127. The number of rotatable bonds is 5. The van der Waals surface area contributed by atoms with Gasteiger partial charge in [0.2, 0.25) is 0 Å². The van der Waals surface area contributed by atoms with Crippen LogP contribution >= 0.6 is 22.6 Å². The summed E-state index contributed by atoms with van der Waals surface area (Å²) in [7, 11) is 0. The summed E-state index contributed by atoms with van der Waals surface area (Å²) in [5.41, 5.74) is 1.09. The second kappa shape index (κ2) is 5.83. The lowest BCUT2D eigenvalue weighted by Gasteiger charge is -2.05. The van der Waals surface area contributed by atoms with Crippen molar-refractivity contribution < 1.29 is 4.74 Å². The van der Waals surface area contributed by atoms with Gasteiger partial charge < -0.3 is 10.1 Å². The molecule has 1 N–H and O–H groups in total. The Morgan fingerprint density at radius 1 is 1.16 bits per heavy atom. The van der Waals surface area contributed by atoms with Gasteiger partial charge in [-0.25, -0.2) is 9.97 Å². The van der Waals surface area contributed by atoms with E-state index < -0.39 is 0 Å². The fraction of sp³-hybridized carbons (Fsp3) is 0.286. The maximum Gasteiger partial charge on any atom is 0.321 e. The van der Waals surface area contributed by atoms with Gasteiger partial charge in [0.1, 0.15) is 5.75 Å². The SMILES string of the molecule is Ic1ccc(Oc2ncc(CNC3CC3)cn2)cc1. The highest BCUT2D eigenvalue weighted by molar-refractivity contribution is 14.1. The zero-order valence-electron chi connectivity index (χ0n) is 10.3. The molecule has 98 valence electrons. The minimum absolute atomic E-state index is 0.386. The Kier molecular flexibility index (Phi) is 3.93. The van der Waals surface area contributed by atoms with Crippen LogP contribution in [-0.4, -0.2) is 16.0 Å². The third kappa shape index (κ3) is 3.87. The molecule has 1 aliphatic rings. The molecule has 3 rings (SSSR count). The lowest BCUT2D eigenvalue weighted by atomic mass is 10.3. The minimum Gasteiger partial charge on any atom is -0.424 e. The van der Waals surface area contributed by atoms with Gasteiger partial charge in [-0.3, -0.25) is 0 Å². The molecule has 1 heterocycles. The molecular weight excluding hydrogens is 353 g/mol. The lowest BCUT2D eigenvalue weighted by Crippen LogP contribution is -2.15. The average molecular weight is 367 g/mol. The zero-order valence-corrected chi connectivity index (χ0v) is 12.5. The molecule has 1 aliphatic carbocycles. The molecule has 0 aliphatic heterocycles.